The van der Waals surface area contributed by atoms with Gasteiger partial charge in [0.1, 0.15) is 5.41 Å². The standard InChI is InChI=1S/C30H21Cl2NO5/c1-15(34)26-25(21-12-11-18(31)14-22(21)32)30(28(36)19-7-3-4-8-20(19)29(30)37)24-13-10-17-6-5-9-23(38-16(2)35)27(17)33(24)26/h3-14,24-26H,1-2H3/t24-,25+,26+/m1/s1. The molecule has 0 saturated carbocycles. The Morgan fingerprint density at radius 1 is 0.921 bits per heavy atom. The van der Waals surface area contributed by atoms with Crippen LogP contribution in [0.25, 0.3) is 6.08 Å². The quantitative estimate of drug-likeness (QED) is 0.230. The van der Waals surface area contributed by atoms with Crippen LogP contribution in [0.1, 0.15) is 51.6 Å². The molecular weight excluding hydrogens is 525 g/mol. The van der Waals surface area contributed by atoms with Gasteiger partial charge in [-0.3, -0.25) is 19.2 Å². The van der Waals surface area contributed by atoms with Gasteiger partial charge in [-0.25, -0.2) is 0 Å². The van der Waals surface area contributed by atoms with Crippen LogP contribution < -0.4 is 9.64 Å². The van der Waals surface area contributed by atoms with Gasteiger partial charge in [0, 0.05) is 39.6 Å². The van der Waals surface area contributed by atoms with E-state index >= 15 is 0 Å². The number of esters is 1. The van der Waals surface area contributed by atoms with Gasteiger partial charge in [-0.05, 0) is 30.7 Å². The lowest BCUT2D eigenvalue weighted by Gasteiger charge is -2.37. The number of benzene rings is 3. The van der Waals surface area contributed by atoms with E-state index in [1.165, 1.54) is 13.8 Å². The number of hydrogen-bond acceptors (Lipinski definition) is 6. The number of nitrogens with zero attached hydrogens (tertiary/aromatic N) is 1. The number of ether oxygens (including phenoxy) is 1. The zero-order valence-electron chi connectivity index (χ0n) is 20.4. The lowest BCUT2D eigenvalue weighted by atomic mass is 9.64. The zero-order chi connectivity index (χ0) is 26.9. The molecule has 8 heteroatoms. The number of ketones is 3. The molecule has 3 atom stereocenters. The summed E-state index contributed by atoms with van der Waals surface area (Å²) in [6.45, 7) is 2.72. The molecule has 2 aliphatic heterocycles. The highest BCUT2D eigenvalue weighted by Gasteiger charge is 2.71. The van der Waals surface area contributed by atoms with E-state index in [0.717, 1.165) is 0 Å². The Balaban J connectivity index is 1.70. The molecule has 6 rings (SSSR count). The number of Topliss-reactive ketones (excluding diaryl/α,β-unsaturated/α-hetero) is 3. The zero-order valence-corrected chi connectivity index (χ0v) is 21.9. The summed E-state index contributed by atoms with van der Waals surface area (Å²) in [7, 11) is 0. The largest absolute Gasteiger partial charge is 0.424 e. The summed E-state index contributed by atoms with van der Waals surface area (Å²) in [6, 6.07) is 15.0. The van der Waals surface area contributed by atoms with Crippen molar-refractivity contribution in [3.8, 4) is 5.75 Å². The smallest absolute Gasteiger partial charge is 0.308 e. The van der Waals surface area contributed by atoms with Crippen molar-refractivity contribution >= 4 is 58.3 Å². The molecule has 0 radical (unpaired) electrons. The van der Waals surface area contributed by atoms with E-state index in [1.807, 2.05) is 6.07 Å². The molecule has 3 aliphatic rings. The van der Waals surface area contributed by atoms with Gasteiger partial charge in [-0.15, -0.1) is 0 Å². The van der Waals surface area contributed by atoms with E-state index in [4.69, 9.17) is 27.9 Å². The lowest BCUT2D eigenvalue weighted by molar-refractivity contribution is -0.131. The summed E-state index contributed by atoms with van der Waals surface area (Å²) in [5, 5.41) is 0.639. The second-order valence-electron chi connectivity index (χ2n) is 9.77. The molecule has 0 aromatic heterocycles. The summed E-state index contributed by atoms with van der Waals surface area (Å²) in [6.07, 6.45) is 3.60. The number of rotatable bonds is 3. The average molecular weight is 546 g/mol. The van der Waals surface area contributed by atoms with Crippen molar-refractivity contribution in [2.75, 3.05) is 4.90 Å². The maximum Gasteiger partial charge on any atom is 0.308 e. The highest BCUT2D eigenvalue weighted by molar-refractivity contribution is 6.36. The molecular formula is C30H21Cl2NO5. The number of anilines is 1. The highest BCUT2D eigenvalue weighted by Crippen LogP contribution is 2.62. The van der Waals surface area contributed by atoms with Gasteiger partial charge in [0.25, 0.3) is 0 Å². The van der Waals surface area contributed by atoms with E-state index in [9.17, 15) is 19.2 Å². The van der Waals surface area contributed by atoms with E-state index in [2.05, 4.69) is 0 Å². The summed E-state index contributed by atoms with van der Waals surface area (Å²) in [5.41, 5.74) is 0.571. The SMILES string of the molecule is CC(=O)Oc1cccc2c1N1[C@@H](C(C)=O)[C@H](c3ccc(Cl)cc3Cl)C3(C(=O)c4ccccc4C3=O)[C@H]1C=C2. The van der Waals surface area contributed by atoms with Crippen LogP contribution in [0.2, 0.25) is 10.0 Å². The third-order valence-corrected chi connectivity index (χ3v) is 8.32. The van der Waals surface area contributed by atoms with Crippen molar-refractivity contribution in [2.24, 2.45) is 5.41 Å². The van der Waals surface area contributed by atoms with E-state index in [0.29, 0.717) is 33.0 Å². The number of hydrogen-bond donors (Lipinski definition) is 0. The maximum atomic E-state index is 14.4. The van der Waals surface area contributed by atoms with Crippen LogP contribution in [0.15, 0.2) is 66.7 Å². The van der Waals surface area contributed by atoms with Crippen molar-refractivity contribution in [1.82, 2.24) is 0 Å². The van der Waals surface area contributed by atoms with Crippen LogP contribution in [0.4, 0.5) is 5.69 Å². The van der Waals surface area contributed by atoms with Crippen LogP contribution >= 0.6 is 23.2 Å². The molecule has 3 aromatic rings. The second-order valence-corrected chi connectivity index (χ2v) is 10.6. The molecule has 0 amide bonds. The van der Waals surface area contributed by atoms with Gasteiger partial charge in [0.2, 0.25) is 0 Å². The van der Waals surface area contributed by atoms with Crippen LogP contribution in [0.5, 0.6) is 5.75 Å². The second kappa shape index (κ2) is 8.65. The summed E-state index contributed by atoms with van der Waals surface area (Å²) >= 11 is 12.9. The molecule has 1 saturated heterocycles. The Hall–Kier alpha value is -3.74. The topological polar surface area (TPSA) is 80.8 Å². The van der Waals surface area contributed by atoms with Crippen LogP contribution in [0.3, 0.4) is 0 Å². The minimum absolute atomic E-state index is 0.240. The first-order valence-electron chi connectivity index (χ1n) is 12.1. The molecule has 0 unspecified atom stereocenters. The van der Waals surface area contributed by atoms with Crippen LogP contribution in [-0.2, 0) is 9.59 Å². The molecule has 190 valence electrons. The average Bonchev–Trinajstić information content (AvgIpc) is 3.30. The fourth-order valence-corrected chi connectivity index (χ4v) is 7.00. The van der Waals surface area contributed by atoms with Crippen LogP contribution in [-0.4, -0.2) is 35.4 Å². The molecule has 3 aromatic carbocycles. The minimum atomic E-state index is -1.69. The number of para-hydroxylation sites is 1. The summed E-state index contributed by atoms with van der Waals surface area (Å²) in [4.78, 5) is 56.2. The van der Waals surface area contributed by atoms with Crippen molar-refractivity contribution in [1.29, 1.82) is 0 Å². The Kier molecular flexibility index (Phi) is 5.60. The van der Waals surface area contributed by atoms with Gasteiger partial charge in [0.05, 0.1) is 17.8 Å². The molecule has 0 bridgehead atoms. The summed E-state index contributed by atoms with van der Waals surface area (Å²) < 4.78 is 5.56. The third kappa shape index (κ3) is 3.20. The predicted molar refractivity (Wildman–Crippen MR) is 144 cm³/mol. The molecule has 6 nitrogen and oxygen atoms in total. The minimum Gasteiger partial charge on any atom is -0.424 e. The maximum absolute atomic E-state index is 14.4. The lowest BCUT2D eigenvalue weighted by Crippen LogP contribution is -2.48. The number of carbonyl (C=O) groups excluding carboxylic acids is 4. The first kappa shape index (κ1) is 24.6. The first-order chi connectivity index (χ1) is 18.2. The monoisotopic (exact) mass is 545 g/mol. The Labute approximate surface area is 228 Å². The van der Waals surface area contributed by atoms with Gasteiger partial charge in [-0.1, -0.05) is 77.8 Å². The summed E-state index contributed by atoms with van der Waals surface area (Å²) in [5.74, 6) is -2.24. The molecule has 1 aliphatic carbocycles. The van der Waals surface area contributed by atoms with E-state index in [1.54, 1.807) is 71.6 Å². The van der Waals surface area contributed by atoms with Gasteiger partial charge >= 0.3 is 5.97 Å². The highest BCUT2D eigenvalue weighted by atomic mass is 35.5. The number of carbonyl (C=O) groups is 4. The van der Waals surface area contributed by atoms with Crippen molar-refractivity contribution < 1.29 is 23.9 Å². The van der Waals surface area contributed by atoms with Crippen molar-refractivity contribution in [3.63, 3.8) is 0 Å². The molecule has 0 N–H and O–H groups in total. The van der Waals surface area contributed by atoms with E-state index in [-0.39, 0.29) is 28.1 Å². The number of fused-ring (bicyclic) bond motifs is 5. The normalized spacial score (nSPS) is 22.3. The fraction of sp³-hybridized carbons (Fsp3) is 0.200. The van der Waals surface area contributed by atoms with Crippen molar-refractivity contribution in [2.45, 2.75) is 31.8 Å². The predicted octanol–water partition coefficient (Wildman–Crippen LogP) is 5.94. The Morgan fingerprint density at radius 3 is 2.21 bits per heavy atom. The van der Waals surface area contributed by atoms with Gasteiger partial charge < -0.3 is 9.64 Å². The Morgan fingerprint density at radius 2 is 1.61 bits per heavy atom. The number of halogens is 2. The fourth-order valence-electron chi connectivity index (χ4n) is 6.47. The van der Waals surface area contributed by atoms with Gasteiger partial charge in [0.15, 0.2) is 23.1 Å². The Bertz CT molecular complexity index is 1570. The molecule has 1 spiro atoms. The molecule has 38 heavy (non-hydrogen) atoms. The molecule has 1 fully saturated rings. The first-order valence-corrected chi connectivity index (χ1v) is 12.9. The molecule has 2 heterocycles. The van der Waals surface area contributed by atoms with E-state index < -0.39 is 29.4 Å². The third-order valence-electron chi connectivity index (χ3n) is 7.75. The van der Waals surface area contributed by atoms with Gasteiger partial charge in [-0.2, -0.15) is 0 Å². The van der Waals surface area contributed by atoms with Crippen molar-refractivity contribution in [3.05, 3.63) is 99.0 Å². The van der Waals surface area contributed by atoms with Crippen LogP contribution in [0, 0.1) is 5.41 Å².